The van der Waals surface area contributed by atoms with Crippen molar-refractivity contribution < 1.29 is 4.74 Å². The lowest BCUT2D eigenvalue weighted by Crippen LogP contribution is -2.35. The van der Waals surface area contributed by atoms with Crippen LogP contribution < -0.4 is 10.1 Å². The third-order valence-corrected chi connectivity index (χ3v) is 2.75. The summed E-state index contributed by atoms with van der Waals surface area (Å²) in [6, 6.07) is 4.02. The highest BCUT2D eigenvalue weighted by molar-refractivity contribution is 5.25. The van der Waals surface area contributed by atoms with Crippen LogP contribution in [0.1, 0.15) is 53.5 Å². The van der Waals surface area contributed by atoms with Gasteiger partial charge in [0.15, 0.2) is 0 Å². The minimum absolute atomic E-state index is 0.0958. The van der Waals surface area contributed by atoms with Crippen molar-refractivity contribution in [2.75, 3.05) is 6.61 Å². The van der Waals surface area contributed by atoms with Gasteiger partial charge in [-0.05, 0) is 38.7 Å². The molecule has 0 spiro atoms. The van der Waals surface area contributed by atoms with Crippen LogP contribution in [0, 0.1) is 5.41 Å². The number of aromatic nitrogens is 1. The van der Waals surface area contributed by atoms with Gasteiger partial charge < -0.3 is 10.1 Å². The van der Waals surface area contributed by atoms with Crippen molar-refractivity contribution in [1.29, 1.82) is 0 Å². The van der Waals surface area contributed by atoms with E-state index in [4.69, 9.17) is 4.74 Å². The van der Waals surface area contributed by atoms with Gasteiger partial charge in [-0.25, -0.2) is 4.98 Å². The van der Waals surface area contributed by atoms with E-state index in [-0.39, 0.29) is 5.54 Å². The molecule has 1 heterocycles. The van der Waals surface area contributed by atoms with Crippen LogP contribution in [0.25, 0.3) is 0 Å². The molecule has 0 radical (unpaired) electrons. The molecule has 1 N–H and O–H groups in total. The Morgan fingerprint density at radius 1 is 1.16 bits per heavy atom. The van der Waals surface area contributed by atoms with Gasteiger partial charge in [0.05, 0.1) is 6.61 Å². The number of rotatable bonds is 5. The minimum Gasteiger partial charge on any atom is -0.477 e. The highest BCUT2D eigenvalue weighted by Gasteiger charge is 2.13. The maximum absolute atomic E-state index is 5.83. The Kier molecular flexibility index (Phi) is 5.36. The number of nitrogens with one attached hydrogen (secondary N) is 1. The van der Waals surface area contributed by atoms with E-state index >= 15 is 0 Å². The van der Waals surface area contributed by atoms with Gasteiger partial charge >= 0.3 is 0 Å². The van der Waals surface area contributed by atoms with Crippen LogP contribution in [0.4, 0.5) is 0 Å². The van der Waals surface area contributed by atoms with Crippen LogP contribution in [0.3, 0.4) is 0 Å². The Balaban J connectivity index is 2.58. The second-order valence-electron chi connectivity index (χ2n) is 7.23. The molecule has 0 amide bonds. The maximum atomic E-state index is 5.83. The zero-order valence-electron chi connectivity index (χ0n) is 13.2. The Bertz CT molecular complexity index is 388. The van der Waals surface area contributed by atoms with E-state index in [2.05, 4.69) is 57.9 Å². The minimum atomic E-state index is 0.0958. The summed E-state index contributed by atoms with van der Waals surface area (Å²) in [6.07, 6.45) is 2.81. The van der Waals surface area contributed by atoms with Gasteiger partial charge in [-0.3, -0.25) is 0 Å². The van der Waals surface area contributed by atoms with Gasteiger partial charge in [0.2, 0.25) is 5.88 Å². The fourth-order valence-corrected chi connectivity index (χ4v) is 1.50. The third-order valence-electron chi connectivity index (χ3n) is 2.75. The Morgan fingerprint density at radius 2 is 1.84 bits per heavy atom. The number of nitrogens with zero attached hydrogens (tertiary/aromatic N) is 1. The predicted octanol–water partition coefficient (Wildman–Crippen LogP) is 3.78. The lowest BCUT2D eigenvalue weighted by atomic mass is 9.93. The highest BCUT2D eigenvalue weighted by atomic mass is 16.5. The second-order valence-corrected chi connectivity index (χ2v) is 7.23. The molecule has 0 atom stereocenters. The average molecular weight is 264 g/mol. The van der Waals surface area contributed by atoms with Crippen LogP contribution in [-0.2, 0) is 6.54 Å². The van der Waals surface area contributed by atoms with Crippen molar-refractivity contribution in [3.05, 3.63) is 23.9 Å². The third kappa shape index (κ3) is 7.16. The van der Waals surface area contributed by atoms with Crippen molar-refractivity contribution >= 4 is 0 Å². The molecule has 1 aromatic heterocycles. The van der Waals surface area contributed by atoms with Crippen molar-refractivity contribution in [3.8, 4) is 5.88 Å². The largest absolute Gasteiger partial charge is 0.477 e. The molecule has 108 valence electrons. The van der Waals surface area contributed by atoms with Gasteiger partial charge in [0, 0.05) is 23.8 Å². The van der Waals surface area contributed by atoms with Gasteiger partial charge in [-0.15, -0.1) is 0 Å². The zero-order valence-corrected chi connectivity index (χ0v) is 13.2. The van der Waals surface area contributed by atoms with Gasteiger partial charge in [0.1, 0.15) is 0 Å². The molecular weight excluding hydrogens is 236 g/mol. The molecule has 0 aromatic carbocycles. The normalized spacial score (nSPS) is 12.5. The number of hydrogen-bond acceptors (Lipinski definition) is 3. The number of hydrogen-bond donors (Lipinski definition) is 1. The summed E-state index contributed by atoms with van der Waals surface area (Å²) in [4.78, 5) is 4.34. The van der Waals surface area contributed by atoms with Crippen molar-refractivity contribution in [2.45, 2.75) is 60.0 Å². The van der Waals surface area contributed by atoms with Crippen LogP contribution >= 0.6 is 0 Å². The molecule has 0 saturated carbocycles. The monoisotopic (exact) mass is 264 g/mol. The SMILES string of the molecule is CC(C)(C)CCOc1ncccc1CNC(C)(C)C. The summed E-state index contributed by atoms with van der Waals surface area (Å²) < 4.78 is 5.83. The molecule has 1 aromatic rings. The van der Waals surface area contributed by atoms with Crippen LogP contribution in [-0.4, -0.2) is 17.1 Å². The summed E-state index contributed by atoms with van der Waals surface area (Å²) in [6.45, 7) is 14.6. The zero-order chi connectivity index (χ0) is 14.5. The first-order chi connectivity index (χ1) is 8.67. The molecule has 19 heavy (non-hydrogen) atoms. The Morgan fingerprint density at radius 3 is 2.42 bits per heavy atom. The first-order valence-electron chi connectivity index (χ1n) is 6.99. The van der Waals surface area contributed by atoms with Gasteiger partial charge in [-0.2, -0.15) is 0 Å². The maximum Gasteiger partial charge on any atom is 0.217 e. The summed E-state index contributed by atoms with van der Waals surface area (Å²) in [5.74, 6) is 0.753. The average Bonchev–Trinajstić information content (AvgIpc) is 2.25. The molecule has 0 fully saturated rings. The van der Waals surface area contributed by atoms with Crippen LogP contribution in [0.15, 0.2) is 18.3 Å². The Labute approximate surface area is 117 Å². The van der Waals surface area contributed by atoms with Crippen molar-refractivity contribution in [2.24, 2.45) is 5.41 Å². The molecule has 0 unspecified atom stereocenters. The molecule has 1 rings (SSSR count). The molecular formula is C16H28N2O. The smallest absolute Gasteiger partial charge is 0.217 e. The fraction of sp³-hybridized carbons (Fsp3) is 0.688. The van der Waals surface area contributed by atoms with E-state index in [1.54, 1.807) is 6.20 Å². The molecule has 0 aliphatic heterocycles. The van der Waals surface area contributed by atoms with E-state index in [9.17, 15) is 0 Å². The predicted molar refractivity (Wildman–Crippen MR) is 80.4 cm³/mol. The summed E-state index contributed by atoms with van der Waals surface area (Å²) in [5, 5.41) is 3.47. The lowest BCUT2D eigenvalue weighted by Gasteiger charge is -2.22. The first kappa shape index (κ1) is 16.0. The molecule has 3 heteroatoms. The first-order valence-corrected chi connectivity index (χ1v) is 6.99. The molecule has 0 aliphatic carbocycles. The topological polar surface area (TPSA) is 34.1 Å². The van der Waals surface area contributed by atoms with Crippen LogP contribution in [0.5, 0.6) is 5.88 Å². The second kappa shape index (κ2) is 6.38. The molecule has 0 bridgehead atoms. The van der Waals surface area contributed by atoms with E-state index in [1.807, 2.05) is 6.07 Å². The van der Waals surface area contributed by atoms with Gasteiger partial charge in [-0.1, -0.05) is 26.8 Å². The number of ether oxygens (including phenoxy) is 1. The molecule has 0 saturated heterocycles. The molecule has 3 nitrogen and oxygen atoms in total. The van der Waals surface area contributed by atoms with E-state index < -0.39 is 0 Å². The van der Waals surface area contributed by atoms with E-state index in [1.165, 1.54) is 0 Å². The van der Waals surface area contributed by atoms with E-state index in [0.717, 1.165) is 24.4 Å². The van der Waals surface area contributed by atoms with Crippen molar-refractivity contribution in [1.82, 2.24) is 10.3 Å². The summed E-state index contributed by atoms with van der Waals surface area (Å²) in [7, 11) is 0. The van der Waals surface area contributed by atoms with E-state index in [0.29, 0.717) is 12.0 Å². The highest BCUT2D eigenvalue weighted by Crippen LogP contribution is 2.20. The van der Waals surface area contributed by atoms with Crippen LogP contribution in [0.2, 0.25) is 0 Å². The summed E-state index contributed by atoms with van der Waals surface area (Å²) >= 11 is 0. The number of pyridine rings is 1. The van der Waals surface area contributed by atoms with Crippen molar-refractivity contribution in [3.63, 3.8) is 0 Å². The summed E-state index contributed by atoms with van der Waals surface area (Å²) in [5.41, 5.74) is 1.50. The molecule has 0 aliphatic rings. The standard InChI is InChI=1S/C16H28N2O/c1-15(2,3)9-11-19-14-13(8-7-10-17-14)12-18-16(4,5)6/h7-8,10,18H,9,11-12H2,1-6H3. The Hall–Kier alpha value is -1.09. The fourth-order valence-electron chi connectivity index (χ4n) is 1.50. The van der Waals surface area contributed by atoms with Gasteiger partial charge in [0.25, 0.3) is 0 Å². The lowest BCUT2D eigenvalue weighted by molar-refractivity contribution is 0.233. The quantitative estimate of drug-likeness (QED) is 0.878.